The molecule has 4 nitrogen and oxygen atoms in total. The molecule has 1 aliphatic heterocycles. The fourth-order valence-corrected chi connectivity index (χ4v) is 4.01. The van der Waals surface area contributed by atoms with Gasteiger partial charge in [0.25, 0.3) is 0 Å². The molecule has 2 aliphatic rings. The van der Waals surface area contributed by atoms with Crippen molar-refractivity contribution in [1.29, 1.82) is 0 Å². The second-order valence-corrected chi connectivity index (χ2v) is 6.42. The molecule has 114 valence electrons. The highest BCUT2D eigenvalue weighted by atomic mass is 16.4. The number of hydrogen-bond acceptors (Lipinski definition) is 2. The van der Waals surface area contributed by atoms with Gasteiger partial charge < -0.3 is 10.0 Å². The van der Waals surface area contributed by atoms with E-state index in [-0.39, 0.29) is 5.91 Å². The topological polar surface area (TPSA) is 57.6 Å². The van der Waals surface area contributed by atoms with Crippen molar-refractivity contribution in [3.63, 3.8) is 0 Å². The molecule has 0 radical (unpaired) electrons. The maximum Gasteiger partial charge on any atom is 0.329 e. The molecular formula is C16H27NO3. The van der Waals surface area contributed by atoms with Crippen LogP contribution in [0.25, 0.3) is 0 Å². The van der Waals surface area contributed by atoms with Crippen molar-refractivity contribution in [3.05, 3.63) is 0 Å². The molecule has 2 rings (SSSR count). The highest BCUT2D eigenvalue weighted by Gasteiger charge is 2.48. The number of amides is 1. The summed E-state index contributed by atoms with van der Waals surface area (Å²) in [7, 11) is 0. The van der Waals surface area contributed by atoms with E-state index in [0.29, 0.717) is 31.7 Å². The lowest BCUT2D eigenvalue weighted by molar-refractivity contribution is -0.157. The van der Waals surface area contributed by atoms with Gasteiger partial charge in [0.05, 0.1) is 0 Å². The molecule has 0 aromatic carbocycles. The third-order valence-electron chi connectivity index (χ3n) is 5.09. The lowest BCUT2D eigenvalue weighted by atomic mass is 9.90. The molecular weight excluding hydrogens is 254 g/mol. The van der Waals surface area contributed by atoms with E-state index in [2.05, 4.69) is 0 Å². The molecule has 1 heterocycles. The normalized spacial score (nSPS) is 27.1. The zero-order chi connectivity index (χ0) is 14.6. The number of carbonyl (C=O) groups excluding carboxylic acids is 1. The van der Waals surface area contributed by atoms with Crippen LogP contribution in [0.15, 0.2) is 0 Å². The van der Waals surface area contributed by atoms with E-state index in [0.717, 1.165) is 19.3 Å². The van der Waals surface area contributed by atoms with Gasteiger partial charge >= 0.3 is 5.97 Å². The van der Waals surface area contributed by atoms with Crippen LogP contribution in [0, 0.1) is 5.92 Å². The van der Waals surface area contributed by atoms with Crippen LogP contribution < -0.4 is 0 Å². The largest absolute Gasteiger partial charge is 0.479 e. The highest BCUT2D eigenvalue weighted by molar-refractivity contribution is 5.87. The average Bonchev–Trinajstić information content (AvgIpc) is 3.06. The number of carboxylic acids is 1. The maximum atomic E-state index is 12.5. The van der Waals surface area contributed by atoms with Crippen molar-refractivity contribution in [2.45, 2.75) is 76.7 Å². The van der Waals surface area contributed by atoms with Gasteiger partial charge in [0.1, 0.15) is 5.54 Å². The Kier molecular flexibility index (Phi) is 5.06. The van der Waals surface area contributed by atoms with Gasteiger partial charge in [-0.3, -0.25) is 4.79 Å². The number of likely N-dealkylation sites (tertiary alicyclic amines) is 1. The van der Waals surface area contributed by atoms with Gasteiger partial charge in [0, 0.05) is 13.0 Å². The van der Waals surface area contributed by atoms with Crippen molar-refractivity contribution >= 4 is 11.9 Å². The molecule has 0 aromatic heterocycles. The summed E-state index contributed by atoms with van der Waals surface area (Å²) in [5.74, 6) is -0.0664. The lowest BCUT2D eigenvalue weighted by Gasteiger charge is -2.35. The van der Waals surface area contributed by atoms with Gasteiger partial charge in [-0.25, -0.2) is 4.79 Å². The smallest absolute Gasteiger partial charge is 0.329 e. The molecule has 1 aliphatic carbocycles. The first-order valence-electron chi connectivity index (χ1n) is 8.14. The Morgan fingerprint density at radius 1 is 1.25 bits per heavy atom. The van der Waals surface area contributed by atoms with E-state index >= 15 is 0 Å². The predicted molar refractivity (Wildman–Crippen MR) is 77.4 cm³/mol. The van der Waals surface area contributed by atoms with Crippen molar-refractivity contribution in [2.75, 3.05) is 6.54 Å². The van der Waals surface area contributed by atoms with Gasteiger partial charge in [-0.1, -0.05) is 39.0 Å². The molecule has 0 spiro atoms. The van der Waals surface area contributed by atoms with Crippen molar-refractivity contribution in [3.8, 4) is 0 Å². The number of aliphatic carboxylic acids is 1. The molecule has 20 heavy (non-hydrogen) atoms. The van der Waals surface area contributed by atoms with E-state index in [1.807, 2.05) is 6.92 Å². The number of carboxylic acid groups (broad SMARTS) is 1. The lowest BCUT2D eigenvalue weighted by Crippen LogP contribution is -2.53. The minimum absolute atomic E-state index is 0.0604. The molecule has 1 saturated carbocycles. The maximum absolute atomic E-state index is 12.5. The Balaban J connectivity index is 1.97. The van der Waals surface area contributed by atoms with Gasteiger partial charge in [-0.05, 0) is 31.6 Å². The first-order valence-corrected chi connectivity index (χ1v) is 8.14. The van der Waals surface area contributed by atoms with Crippen LogP contribution in [0.4, 0.5) is 0 Å². The summed E-state index contributed by atoms with van der Waals surface area (Å²) >= 11 is 0. The van der Waals surface area contributed by atoms with Crippen molar-refractivity contribution < 1.29 is 14.7 Å². The second-order valence-electron chi connectivity index (χ2n) is 6.42. The van der Waals surface area contributed by atoms with E-state index < -0.39 is 11.5 Å². The van der Waals surface area contributed by atoms with Crippen LogP contribution in [0.5, 0.6) is 0 Å². The van der Waals surface area contributed by atoms with Crippen LogP contribution in [-0.2, 0) is 9.59 Å². The Morgan fingerprint density at radius 2 is 1.95 bits per heavy atom. The van der Waals surface area contributed by atoms with Gasteiger partial charge in [-0.15, -0.1) is 0 Å². The zero-order valence-electron chi connectivity index (χ0n) is 12.6. The molecule has 2 fully saturated rings. The van der Waals surface area contributed by atoms with Crippen LogP contribution in [0.1, 0.15) is 71.1 Å². The fourth-order valence-electron chi connectivity index (χ4n) is 4.01. The first-order chi connectivity index (χ1) is 9.60. The monoisotopic (exact) mass is 281 g/mol. The summed E-state index contributed by atoms with van der Waals surface area (Å²) in [5.41, 5.74) is -0.915. The Hall–Kier alpha value is -1.06. The van der Waals surface area contributed by atoms with Gasteiger partial charge in [0.15, 0.2) is 0 Å². The minimum atomic E-state index is -0.915. The molecule has 1 unspecified atom stereocenters. The molecule has 1 N–H and O–H groups in total. The van der Waals surface area contributed by atoms with E-state index in [4.69, 9.17) is 0 Å². The van der Waals surface area contributed by atoms with Crippen LogP contribution in [-0.4, -0.2) is 34.0 Å². The van der Waals surface area contributed by atoms with Crippen LogP contribution >= 0.6 is 0 Å². The predicted octanol–water partition coefficient (Wildman–Crippen LogP) is 3.20. The Bertz CT molecular complexity index is 363. The first kappa shape index (κ1) is 15.3. The number of carbonyl (C=O) groups is 2. The molecule has 0 bridgehead atoms. The summed E-state index contributed by atoms with van der Waals surface area (Å²) in [5, 5.41) is 9.60. The number of nitrogens with zero attached hydrogens (tertiary/aromatic N) is 1. The molecule has 1 amide bonds. The zero-order valence-corrected chi connectivity index (χ0v) is 12.6. The third kappa shape index (κ3) is 2.99. The summed E-state index contributed by atoms with van der Waals surface area (Å²) < 4.78 is 0. The molecule has 0 aromatic rings. The van der Waals surface area contributed by atoms with E-state index in [1.54, 1.807) is 4.90 Å². The quantitative estimate of drug-likeness (QED) is 0.813. The number of rotatable bonds is 6. The minimum Gasteiger partial charge on any atom is -0.479 e. The molecule has 1 atom stereocenters. The highest BCUT2D eigenvalue weighted by Crippen LogP contribution is 2.35. The Morgan fingerprint density at radius 3 is 2.55 bits per heavy atom. The van der Waals surface area contributed by atoms with Gasteiger partial charge in [0.2, 0.25) is 5.91 Å². The second kappa shape index (κ2) is 6.59. The fraction of sp³-hybridized carbons (Fsp3) is 0.875. The van der Waals surface area contributed by atoms with Crippen LogP contribution in [0.3, 0.4) is 0 Å². The van der Waals surface area contributed by atoms with Crippen molar-refractivity contribution in [2.24, 2.45) is 5.92 Å². The summed E-state index contributed by atoms with van der Waals surface area (Å²) in [6.45, 7) is 2.61. The van der Waals surface area contributed by atoms with Crippen LogP contribution in [0.2, 0.25) is 0 Å². The SMILES string of the molecule is CCCC1(C(=O)O)CCCN1C(=O)CCC1CCCC1. The Labute approximate surface area is 121 Å². The summed E-state index contributed by atoms with van der Waals surface area (Å²) in [4.78, 5) is 25.8. The summed E-state index contributed by atoms with van der Waals surface area (Å²) in [6, 6.07) is 0. The van der Waals surface area contributed by atoms with E-state index in [1.165, 1.54) is 25.7 Å². The van der Waals surface area contributed by atoms with Gasteiger partial charge in [-0.2, -0.15) is 0 Å². The number of hydrogen-bond donors (Lipinski definition) is 1. The average molecular weight is 281 g/mol. The standard InChI is InChI=1S/C16H27NO3/c1-2-10-16(15(19)20)11-5-12-17(16)14(18)9-8-13-6-3-4-7-13/h13H,2-12H2,1H3,(H,19,20). The molecule has 4 heteroatoms. The third-order valence-corrected chi connectivity index (χ3v) is 5.09. The molecule has 1 saturated heterocycles. The van der Waals surface area contributed by atoms with Crippen molar-refractivity contribution in [1.82, 2.24) is 4.90 Å². The van der Waals surface area contributed by atoms with E-state index in [9.17, 15) is 14.7 Å². The summed E-state index contributed by atoms with van der Waals surface area (Å²) in [6.07, 6.45) is 9.36.